The fourth-order valence-electron chi connectivity index (χ4n) is 2.79. The van der Waals surface area contributed by atoms with Crippen LogP contribution in [0.3, 0.4) is 0 Å². The molecule has 1 rings (SSSR count). The second kappa shape index (κ2) is 10.1. The van der Waals surface area contributed by atoms with Crippen LogP contribution >= 0.6 is 22.6 Å². The Morgan fingerprint density at radius 1 is 1.00 bits per heavy atom. The molecule has 0 fully saturated rings. The van der Waals surface area contributed by atoms with E-state index in [1.54, 1.807) is 12.2 Å². The molecule has 0 bridgehead atoms. The van der Waals surface area contributed by atoms with Crippen molar-refractivity contribution in [2.45, 2.75) is 13.8 Å². The molecule has 1 aliphatic carbocycles. The second-order valence-electron chi connectivity index (χ2n) is 5.30. The van der Waals surface area contributed by atoms with Gasteiger partial charge in [0.25, 0.3) is 0 Å². The smallest absolute Gasteiger partial charge is 0.0349 e. The van der Waals surface area contributed by atoms with Gasteiger partial charge in [0.1, 0.15) is 0 Å². The minimum Gasteiger partial charge on any atom is -0.0991 e. The van der Waals surface area contributed by atoms with E-state index in [4.69, 9.17) is 0 Å². The molecular weight excluding hydrogens is 403 g/mol. The third-order valence-electron chi connectivity index (χ3n) is 3.95. The SMILES string of the molecule is C=C/C=C\C1=C(C)C(C=C)=C(/C=C\C=C)C1/C(C=C)=C/C(I)=C\C. The fraction of sp³-hybridized carbons (Fsp3) is 0.130. The van der Waals surface area contributed by atoms with Gasteiger partial charge in [-0.05, 0) is 70.4 Å². The van der Waals surface area contributed by atoms with Crippen molar-refractivity contribution in [3.63, 3.8) is 0 Å². The lowest BCUT2D eigenvalue weighted by Crippen LogP contribution is -2.05. The van der Waals surface area contributed by atoms with Gasteiger partial charge in [-0.15, -0.1) is 0 Å². The first-order valence-electron chi connectivity index (χ1n) is 7.87. The molecule has 0 spiro atoms. The highest BCUT2D eigenvalue weighted by Crippen LogP contribution is 2.44. The van der Waals surface area contributed by atoms with Gasteiger partial charge in [0.05, 0.1) is 0 Å². The van der Waals surface area contributed by atoms with E-state index in [0.29, 0.717) is 0 Å². The summed E-state index contributed by atoms with van der Waals surface area (Å²) in [6.07, 6.45) is 19.9. The lowest BCUT2D eigenvalue weighted by Gasteiger charge is -2.18. The first-order chi connectivity index (χ1) is 11.5. The highest BCUT2D eigenvalue weighted by atomic mass is 127. The molecule has 24 heavy (non-hydrogen) atoms. The minimum atomic E-state index is 0.132. The molecule has 0 nitrogen and oxygen atoms in total. The minimum absolute atomic E-state index is 0.132. The molecule has 0 saturated carbocycles. The summed E-state index contributed by atoms with van der Waals surface area (Å²) in [5.74, 6) is 0.132. The largest absolute Gasteiger partial charge is 0.0991 e. The van der Waals surface area contributed by atoms with E-state index in [0.717, 1.165) is 0 Å². The summed E-state index contributed by atoms with van der Waals surface area (Å²) in [4.78, 5) is 0. The number of rotatable bonds is 8. The molecule has 1 atom stereocenters. The Bertz CT molecular complexity index is 715. The van der Waals surface area contributed by atoms with Crippen LogP contribution in [0.5, 0.6) is 0 Å². The summed E-state index contributed by atoms with van der Waals surface area (Å²) in [6.45, 7) is 19.8. The van der Waals surface area contributed by atoms with Gasteiger partial charge in [-0.1, -0.05) is 81.0 Å². The van der Waals surface area contributed by atoms with Gasteiger partial charge < -0.3 is 0 Å². The van der Waals surface area contributed by atoms with Gasteiger partial charge >= 0.3 is 0 Å². The van der Waals surface area contributed by atoms with Crippen LogP contribution in [0, 0.1) is 5.92 Å². The molecule has 1 aliphatic rings. The van der Waals surface area contributed by atoms with E-state index in [2.05, 4.69) is 80.1 Å². The van der Waals surface area contributed by atoms with Crippen molar-refractivity contribution in [2.75, 3.05) is 0 Å². The zero-order valence-electron chi connectivity index (χ0n) is 14.6. The van der Waals surface area contributed by atoms with Crippen molar-refractivity contribution in [1.29, 1.82) is 0 Å². The molecule has 0 aromatic heterocycles. The summed E-state index contributed by atoms with van der Waals surface area (Å²) in [6, 6.07) is 0. The third kappa shape index (κ3) is 4.57. The Labute approximate surface area is 160 Å². The van der Waals surface area contributed by atoms with Crippen molar-refractivity contribution in [2.24, 2.45) is 5.92 Å². The van der Waals surface area contributed by atoms with Gasteiger partial charge in [0, 0.05) is 9.50 Å². The molecule has 0 radical (unpaired) electrons. The summed E-state index contributed by atoms with van der Waals surface area (Å²) in [5.41, 5.74) is 6.05. The summed E-state index contributed by atoms with van der Waals surface area (Å²) < 4.78 is 1.19. The van der Waals surface area contributed by atoms with Crippen LogP contribution in [0.1, 0.15) is 13.8 Å². The topological polar surface area (TPSA) is 0 Å². The maximum absolute atomic E-state index is 4.04. The number of allylic oxidation sites excluding steroid dienone is 16. The molecule has 0 amide bonds. The molecule has 0 aliphatic heterocycles. The van der Waals surface area contributed by atoms with Crippen LogP contribution in [0.2, 0.25) is 0 Å². The van der Waals surface area contributed by atoms with Crippen molar-refractivity contribution < 1.29 is 0 Å². The van der Waals surface area contributed by atoms with E-state index in [9.17, 15) is 0 Å². The Morgan fingerprint density at radius 3 is 2.04 bits per heavy atom. The van der Waals surface area contributed by atoms with Crippen LogP contribution < -0.4 is 0 Å². The standard InChI is InChI=1S/C23H25I/c1-7-12-14-21-17(6)20(11-5)22(15-13-8-2)23(21)18(9-3)16-19(24)10-4/h7-16,23H,1-3,5H2,4,6H3/b14-12-,15-13-,18-16+,19-10+. The van der Waals surface area contributed by atoms with E-state index in [-0.39, 0.29) is 5.92 Å². The molecule has 1 heteroatoms. The predicted octanol–water partition coefficient (Wildman–Crippen LogP) is 7.35. The molecule has 0 aromatic carbocycles. The molecule has 0 saturated heterocycles. The monoisotopic (exact) mass is 428 g/mol. The highest BCUT2D eigenvalue weighted by molar-refractivity contribution is 14.1. The maximum atomic E-state index is 4.04. The zero-order valence-corrected chi connectivity index (χ0v) is 16.7. The molecule has 124 valence electrons. The maximum Gasteiger partial charge on any atom is 0.0349 e. The highest BCUT2D eigenvalue weighted by Gasteiger charge is 2.29. The van der Waals surface area contributed by atoms with Gasteiger partial charge in [0.15, 0.2) is 0 Å². The molecular formula is C23H25I. The lowest BCUT2D eigenvalue weighted by atomic mass is 9.86. The number of hydrogen-bond acceptors (Lipinski definition) is 0. The van der Waals surface area contributed by atoms with E-state index in [1.165, 1.54) is 31.4 Å². The van der Waals surface area contributed by atoms with Crippen molar-refractivity contribution >= 4 is 22.6 Å². The van der Waals surface area contributed by atoms with Gasteiger partial charge in [0.2, 0.25) is 0 Å². The average Bonchev–Trinajstić information content (AvgIpc) is 2.86. The van der Waals surface area contributed by atoms with Crippen LogP contribution in [-0.2, 0) is 0 Å². The Hall–Kier alpha value is -1.87. The number of halogens is 1. The summed E-state index contributed by atoms with van der Waals surface area (Å²) >= 11 is 2.34. The van der Waals surface area contributed by atoms with Crippen molar-refractivity contribution in [1.82, 2.24) is 0 Å². The van der Waals surface area contributed by atoms with E-state index in [1.807, 2.05) is 31.2 Å². The zero-order chi connectivity index (χ0) is 18.1. The number of hydrogen-bond donors (Lipinski definition) is 0. The fourth-order valence-corrected chi connectivity index (χ4v) is 3.15. The van der Waals surface area contributed by atoms with Crippen LogP contribution in [0.15, 0.2) is 119 Å². The van der Waals surface area contributed by atoms with Crippen LogP contribution in [-0.4, -0.2) is 0 Å². The van der Waals surface area contributed by atoms with Gasteiger partial charge in [-0.3, -0.25) is 0 Å². The Kier molecular flexibility index (Phi) is 8.48. The average molecular weight is 428 g/mol. The Balaban J connectivity index is 3.67. The molecule has 0 aromatic rings. The summed E-state index contributed by atoms with van der Waals surface area (Å²) in [7, 11) is 0. The first-order valence-corrected chi connectivity index (χ1v) is 8.95. The van der Waals surface area contributed by atoms with Crippen LogP contribution in [0.25, 0.3) is 0 Å². The quantitative estimate of drug-likeness (QED) is 0.280. The molecule has 0 N–H and O–H groups in total. The van der Waals surface area contributed by atoms with E-state index >= 15 is 0 Å². The van der Waals surface area contributed by atoms with E-state index < -0.39 is 0 Å². The third-order valence-corrected chi connectivity index (χ3v) is 4.88. The van der Waals surface area contributed by atoms with Crippen molar-refractivity contribution in [3.05, 3.63) is 119 Å². The van der Waals surface area contributed by atoms with Gasteiger partial charge in [-0.25, -0.2) is 0 Å². The van der Waals surface area contributed by atoms with Gasteiger partial charge in [-0.2, -0.15) is 0 Å². The first kappa shape index (κ1) is 20.2. The molecule has 1 unspecified atom stereocenters. The normalized spacial score (nSPS) is 19.5. The summed E-state index contributed by atoms with van der Waals surface area (Å²) in [5, 5.41) is 0. The lowest BCUT2D eigenvalue weighted by molar-refractivity contribution is 0.922. The van der Waals surface area contributed by atoms with Crippen molar-refractivity contribution in [3.8, 4) is 0 Å². The molecule has 0 heterocycles. The second-order valence-corrected chi connectivity index (χ2v) is 6.54. The Morgan fingerprint density at radius 2 is 1.58 bits per heavy atom. The van der Waals surface area contributed by atoms with Crippen LogP contribution in [0.4, 0.5) is 0 Å². The predicted molar refractivity (Wildman–Crippen MR) is 118 cm³/mol.